The number of H-pyrrole nitrogens is 1. The van der Waals surface area contributed by atoms with E-state index in [1.807, 2.05) is 6.07 Å². The maximum absolute atomic E-state index is 13.9. The molecule has 6 nitrogen and oxygen atoms in total. The highest BCUT2D eigenvalue weighted by molar-refractivity contribution is 8.00. The Morgan fingerprint density at radius 2 is 1.96 bits per heavy atom. The van der Waals surface area contributed by atoms with Crippen LogP contribution in [0.2, 0.25) is 0 Å². The fraction of sp³-hybridized carbons (Fsp3) is 0.0526. The van der Waals surface area contributed by atoms with Gasteiger partial charge in [-0.15, -0.1) is 10.2 Å². The molecule has 0 spiro atoms. The third kappa shape index (κ3) is 3.95. The molecule has 0 aliphatic rings. The fourth-order valence-corrected chi connectivity index (χ4v) is 4.24. The molecule has 0 atom stereocenters. The number of amides is 1. The predicted molar refractivity (Wildman–Crippen MR) is 108 cm³/mol. The van der Waals surface area contributed by atoms with E-state index in [2.05, 4.69) is 20.5 Å². The smallest absolute Gasteiger partial charge is 0.257 e. The van der Waals surface area contributed by atoms with Crippen molar-refractivity contribution in [2.24, 2.45) is 0 Å². The molecular weight excluding hydrogens is 399 g/mol. The zero-order valence-corrected chi connectivity index (χ0v) is 15.9. The molecule has 0 fully saturated rings. The standard InChI is InChI=1S/C19H13FN4O2S2/c20-14-8-4-7-13-15(25)9-12(21-16(13)14)10-27-19-24-23-18(28-19)22-17(26)11-5-2-1-3-6-11/h1-9H,10H2,(H,21,25)(H,22,23,26). The van der Waals surface area contributed by atoms with Gasteiger partial charge in [0.15, 0.2) is 9.77 Å². The largest absolute Gasteiger partial charge is 0.355 e. The number of para-hydroxylation sites is 1. The summed E-state index contributed by atoms with van der Waals surface area (Å²) < 4.78 is 14.6. The monoisotopic (exact) mass is 412 g/mol. The van der Waals surface area contributed by atoms with Crippen LogP contribution in [0.15, 0.2) is 63.7 Å². The minimum Gasteiger partial charge on any atom is -0.355 e. The summed E-state index contributed by atoms with van der Waals surface area (Å²) in [5.74, 6) is -0.341. The van der Waals surface area contributed by atoms with Crippen molar-refractivity contribution >= 4 is 45.0 Å². The van der Waals surface area contributed by atoms with Crippen molar-refractivity contribution in [3.05, 3.63) is 81.9 Å². The molecule has 140 valence electrons. The van der Waals surface area contributed by atoms with Gasteiger partial charge < -0.3 is 4.98 Å². The van der Waals surface area contributed by atoms with E-state index in [0.29, 0.717) is 31.9 Å². The van der Waals surface area contributed by atoms with Gasteiger partial charge in [-0.2, -0.15) is 0 Å². The summed E-state index contributed by atoms with van der Waals surface area (Å²) in [5.41, 5.74) is 1.07. The molecule has 0 radical (unpaired) electrons. The molecule has 2 aromatic heterocycles. The Balaban J connectivity index is 1.45. The highest BCUT2D eigenvalue weighted by Gasteiger charge is 2.11. The molecule has 2 N–H and O–H groups in total. The van der Waals surface area contributed by atoms with Crippen LogP contribution in [0.5, 0.6) is 0 Å². The maximum Gasteiger partial charge on any atom is 0.257 e. The Kier molecular flexibility index (Phi) is 5.18. The normalized spacial score (nSPS) is 10.9. The molecule has 9 heteroatoms. The Morgan fingerprint density at radius 1 is 1.14 bits per heavy atom. The number of nitrogens with zero attached hydrogens (tertiary/aromatic N) is 2. The second-order valence-corrected chi connectivity index (χ2v) is 8.00. The number of rotatable bonds is 5. The van der Waals surface area contributed by atoms with Gasteiger partial charge in [0.1, 0.15) is 5.82 Å². The predicted octanol–water partition coefficient (Wildman–Crippen LogP) is 4.06. The van der Waals surface area contributed by atoms with E-state index in [9.17, 15) is 14.0 Å². The topological polar surface area (TPSA) is 87.7 Å². The van der Waals surface area contributed by atoms with E-state index in [0.717, 1.165) is 0 Å². The van der Waals surface area contributed by atoms with Gasteiger partial charge in [0.25, 0.3) is 5.91 Å². The fourth-order valence-electron chi connectivity index (χ4n) is 2.58. The van der Waals surface area contributed by atoms with Gasteiger partial charge in [-0.25, -0.2) is 4.39 Å². The van der Waals surface area contributed by atoms with Crippen molar-refractivity contribution in [1.82, 2.24) is 15.2 Å². The number of hydrogen-bond acceptors (Lipinski definition) is 6. The van der Waals surface area contributed by atoms with Crippen LogP contribution >= 0.6 is 23.1 Å². The summed E-state index contributed by atoms with van der Waals surface area (Å²) in [7, 11) is 0. The van der Waals surface area contributed by atoms with Gasteiger partial charge in [-0.1, -0.05) is 47.4 Å². The molecule has 1 amide bonds. The number of carbonyl (C=O) groups excluding carboxylic acids is 1. The highest BCUT2D eigenvalue weighted by atomic mass is 32.2. The number of benzene rings is 2. The first kappa shape index (κ1) is 18.3. The molecule has 0 bridgehead atoms. The number of aromatic nitrogens is 3. The van der Waals surface area contributed by atoms with E-state index in [1.165, 1.54) is 41.3 Å². The molecule has 4 rings (SSSR count). The number of carbonyl (C=O) groups is 1. The first-order valence-electron chi connectivity index (χ1n) is 8.23. The van der Waals surface area contributed by atoms with Crippen LogP contribution in [0.25, 0.3) is 10.9 Å². The van der Waals surface area contributed by atoms with E-state index in [1.54, 1.807) is 30.3 Å². The number of anilines is 1. The van der Waals surface area contributed by atoms with Crippen LogP contribution in [0, 0.1) is 5.82 Å². The van der Waals surface area contributed by atoms with E-state index in [4.69, 9.17) is 0 Å². The van der Waals surface area contributed by atoms with Crippen molar-refractivity contribution < 1.29 is 9.18 Å². The minimum absolute atomic E-state index is 0.193. The molecule has 28 heavy (non-hydrogen) atoms. The van der Waals surface area contributed by atoms with Gasteiger partial charge in [-0.3, -0.25) is 14.9 Å². The molecular formula is C19H13FN4O2S2. The van der Waals surface area contributed by atoms with Crippen molar-refractivity contribution in [3.63, 3.8) is 0 Å². The molecule has 0 unspecified atom stereocenters. The summed E-state index contributed by atoms with van der Waals surface area (Å²) in [6.45, 7) is 0. The van der Waals surface area contributed by atoms with Crippen molar-refractivity contribution in [2.75, 3.05) is 5.32 Å². The SMILES string of the molecule is O=C(Nc1nnc(SCc2cc(=O)c3cccc(F)c3[nH]2)s1)c1ccccc1. The second-order valence-electron chi connectivity index (χ2n) is 5.80. The van der Waals surface area contributed by atoms with Crippen molar-refractivity contribution in [3.8, 4) is 0 Å². The number of hydrogen-bond donors (Lipinski definition) is 2. The third-order valence-corrected chi connectivity index (χ3v) is 5.90. The van der Waals surface area contributed by atoms with E-state index >= 15 is 0 Å². The zero-order valence-electron chi connectivity index (χ0n) is 14.3. The molecule has 0 saturated heterocycles. The lowest BCUT2D eigenvalue weighted by Gasteiger charge is -2.04. The lowest BCUT2D eigenvalue weighted by molar-refractivity contribution is 0.102. The number of fused-ring (bicyclic) bond motifs is 1. The lowest BCUT2D eigenvalue weighted by atomic mass is 10.2. The average Bonchev–Trinajstić information content (AvgIpc) is 3.15. The summed E-state index contributed by atoms with van der Waals surface area (Å²) in [6, 6.07) is 14.7. The first-order valence-corrected chi connectivity index (χ1v) is 10.0. The molecule has 4 aromatic rings. The van der Waals surface area contributed by atoms with Crippen LogP contribution < -0.4 is 10.7 Å². The van der Waals surface area contributed by atoms with Gasteiger partial charge >= 0.3 is 0 Å². The molecule has 2 aromatic carbocycles. The van der Waals surface area contributed by atoms with Crippen LogP contribution in [0.3, 0.4) is 0 Å². The number of thioether (sulfide) groups is 1. The zero-order chi connectivity index (χ0) is 19.5. The summed E-state index contributed by atoms with van der Waals surface area (Å²) in [4.78, 5) is 27.3. The van der Waals surface area contributed by atoms with Crippen molar-refractivity contribution in [1.29, 1.82) is 0 Å². The second kappa shape index (κ2) is 7.91. The first-order chi connectivity index (χ1) is 13.6. The summed E-state index contributed by atoms with van der Waals surface area (Å²) >= 11 is 2.57. The lowest BCUT2D eigenvalue weighted by Crippen LogP contribution is -2.11. The van der Waals surface area contributed by atoms with Crippen LogP contribution in [0.4, 0.5) is 9.52 Å². The maximum atomic E-state index is 13.9. The summed E-state index contributed by atoms with van der Waals surface area (Å²) in [5, 5.41) is 11.4. The van der Waals surface area contributed by atoms with Gasteiger partial charge in [0.2, 0.25) is 5.13 Å². The Labute approximate surface area is 166 Å². The molecule has 2 heterocycles. The van der Waals surface area contributed by atoms with Crippen LogP contribution in [0.1, 0.15) is 16.1 Å². The Hall–Kier alpha value is -3.04. The van der Waals surface area contributed by atoms with E-state index in [-0.39, 0.29) is 16.9 Å². The molecule has 0 aliphatic heterocycles. The van der Waals surface area contributed by atoms with Crippen LogP contribution in [-0.4, -0.2) is 21.1 Å². The minimum atomic E-state index is -0.469. The van der Waals surface area contributed by atoms with Crippen LogP contribution in [-0.2, 0) is 5.75 Å². The Morgan fingerprint density at radius 3 is 2.79 bits per heavy atom. The van der Waals surface area contributed by atoms with Gasteiger partial charge in [0.05, 0.1) is 5.52 Å². The van der Waals surface area contributed by atoms with Gasteiger partial charge in [0, 0.05) is 28.5 Å². The third-order valence-electron chi connectivity index (χ3n) is 3.88. The number of halogens is 1. The highest BCUT2D eigenvalue weighted by Crippen LogP contribution is 2.28. The number of pyridine rings is 1. The molecule has 0 saturated carbocycles. The van der Waals surface area contributed by atoms with Crippen molar-refractivity contribution in [2.45, 2.75) is 10.1 Å². The van der Waals surface area contributed by atoms with Gasteiger partial charge in [-0.05, 0) is 24.3 Å². The number of aromatic amines is 1. The number of nitrogens with one attached hydrogen (secondary N) is 2. The summed E-state index contributed by atoms with van der Waals surface area (Å²) in [6.07, 6.45) is 0. The quantitative estimate of drug-likeness (QED) is 0.381. The molecule has 0 aliphatic carbocycles. The Bertz CT molecular complexity index is 1210. The van der Waals surface area contributed by atoms with E-state index < -0.39 is 5.82 Å². The average molecular weight is 412 g/mol.